The van der Waals surface area contributed by atoms with Gasteiger partial charge < -0.3 is 14.8 Å². The van der Waals surface area contributed by atoms with Crippen LogP contribution in [0, 0.1) is 5.82 Å². The van der Waals surface area contributed by atoms with Crippen molar-refractivity contribution in [2.24, 2.45) is 0 Å². The van der Waals surface area contributed by atoms with Crippen LogP contribution in [0.2, 0.25) is 0 Å². The van der Waals surface area contributed by atoms with Crippen LogP contribution in [0.25, 0.3) is 11.3 Å². The van der Waals surface area contributed by atoms with Crippen molar-refractivity contribution in [3.63, 3.8) is 0 Å². The number of amides is 1. The fourth-order valence-corrected chi connectivity index (χ4v) is 4.81. The molecule has 0 radical (unpaired) electrons. The Kier molecular flexibility index (Phi) is 5.43. The first-order chi connectivity index (χ1) is 15.5. The molecule has 1 saturated heterocycles. The van der Waals surface area contributed by atoms with E-state index >= 15 is 0 Å². The van der Waals surface area contributed by atoms with Crippen LogP contribution in [0.4, 0.5) is 10.1 Å². The number of carbonyl (C=O) groups is 2. The van der Waals surface area contributed by atoms with Gasteiger partial charge in [0.1, 0.15) is 24.2 Å². The van der Waals surface area contributed by atoms with E-state index in [9.17, 15) is 14.0 Å². The minimum absolute atomic E-state index is 0.129. The average Bonchev–Trinajstić information content (AvgIpc) is 3.48. The molecule has 1 amide bonds. The fourth-order valence-electron chi connectivity index (χ4n) is 4.81. The summed E-state index contributed by atoms with van der Waals surface area (Å²) in [5.74, 6) is -0.308. The molecule has 3 aliphatic heterocycles. The molecule has 0 aromatic heterocycles. The Bertz CT molecular complexity index is 1130. The van der Waals surface area contributed by atoms with E-state index in [-0.39, 0.29) is 17.9 Å². The van der Waals surface area contributed by atoms with Crippen molar-refractivity contribution < 1.29 is 23.5 Å². The second-order valence-electron chi connectivity index (χ2n) is 8.32. The topological polar surface area (TPSA) is 67.9 Å². The Balaban J connectivity index is 1.35. The van der Waals surface area contributed by atoms with Crippen LogP contribution in [0.15, 0.2) is 36.4 Å². The van der Waals surface area contributed by atoms with Gasteiger partial charge in [-0.05, 0) is 56.5 Å². The van der Waals surface area contributed by atoms with Crippen molar-refractivity contribution in [3.05, 3.63) is 64.5 Å². The SMILES string of the molecule is CCOC(=O)[C@@H]1CCCN1CCc1ccc2c(c1)COC2=C1C(=O)Nc2ccc(F)cc21. The van der Waals surface area contributed by atoms with Gasteiger partial charge in [-0.3, -0.25) is 14.5 Å². The molecule has 5 rings (SSSR count). The predicted molar refractivity (Wildman–Crippen MR) is 118 cm³/mol. The average molecular weight is 436 g/mol. The Morgan fingerprint density at radius 2 is 2.12 bits per heavy atom. The summed E-state index contributed by atoms with van der Waals surface area (Å²) in [5, 5.41) is 2.78. The number of halogens is 1. The molecule has 0 bridgehead atoms. The van der Waals surface area contributed by atoms with E-state index in [0.29, 0.717) is 35.8 Å². The van der Waals surface area contributed by atoms with Gasteiger partial charge in [0.2, 0.25) is 0 Å². The summed E-state index contributed by atoms with van der Waals surface area (Å²) in [6.07, 6.45) is 2.66. The van der Waals surface area contributed by atoms with Gasteiger partial charge in [0, 0.05) is 28.9 Å². The zero-order valence-electron chi connectivity index (χ0n) is 17.9. The minimum atomic E-state index is -0.394. The van der Waals surface area contributed by atoms with Crippen LogP contribution in [-0.4, -0.2) is 42.5 Å². The van der Waals surface area contributed by atoms with Crippen LogP contribution in [0.1, 0.15) is 42.0 Å². The lowest BCUT2D eigenvalue weighted by Crippen LogP contribution is -2.38. The molecule has 3 aliphatic rings. The van der Waals surface area contributed by atoms with Crippen molar-refractivity contribution in [3.8, 4) is 0 Å². The van der Waals surface area contributed by atoms with Gasteiger partial charge in [-0.2, -0.15) is 0 Å². The Labute approximate surface area is 186 Å². The number of benzene rings is 2. The maximum absolute atomic E-state index is 13.8. The summed E-state index contributed by atoms with van der Waals surface area (Å²) < 4.78 is 24.9. The lowest BCUT2D eigenvalue weighted by molar-refractivity contribution is -0.148. The molecule has 0 aliphatic carbocycles. The summed E-state index contributed by atoms with van der Waals surface area (Å²) in [4.78, 5) is 26.9. The second kappa shape index (κ2) is 8.39. The first-order valence-corrected chi connectivity index (χ1v) is 11.1. The number of hydrogen-bond acceptors (Lipinski definition) is 5. The molecule has 1 N–H and O–H groups in total. The third-order valence-corrected chi connectivity index (χ3v) is 6.35. The molecule has 1 fully saturated rings. The minimum Gasteiger partial charge on any atom is -0.487 e. The Morgan fingerprint density at radius 3 is 2.97 bits per heavy atom. The van der Waals surface area contributed by atoms with Crippen molar-refractivity contribution in [2.45, 2.75) is 38.8 Å². The maximum atomic E-state index is 13.8. The molecule has 3 heterocycles. The summed E-state index contributed by atoms with van der Waals surface area (Å²) >= 11 is 0. The zero-order valence-corrected chi connectivity index (χ0v) is 17.9. The number of nitrogens with zero attached hydrogens (tertiary/aromatic N) is 1. The first kappa shape index (κ1) is 20.7. The highest BCUT2D eigenvalue weighted by molar-refractivity contribution is 6.36. The molecular weight excluding hydrogens is 411 g/mol. The lowest BCUT2D eigenvalue weighted by Gasteiger charge is -2.22. The first-order valence-electron chi connectivity index (χ1n) is 11.1. The van der Waals surface area contributed by atoms with Crippen molar-refractivity contribution in [2.75, 3.05) is 25.0 Å². The molecule has 7 heteroatoms. The van der Waals surface area contributed by atoms with E-state index in [1.54, 1.807) is 6.07 Å². The van der Waals surface area contributed by atoms with Crippen molar-refractivity contribution in [1.82, 2.24) is 4.90 Å². The van der Waals surface area contributed by atoms with Crippen LogP contribution in [0.3, 0.4) is 0 Å². The predicted octanol–water partition coefficient (Wildman–Crippen LogP) is 3.75. The normalized spacial score (nSPS) is 21.8. The fraction of sp³-hybridized carbons (Fsp3) is 0.360. The Morgan fingerprint density at radius 1 is 1.25 bits per heavy atom. The van der Waals surface area contributed by atoms with E-state index in [4.69, 9.17) is 9.47 Å². The van der Waals surface area contributed by atoms with Gasteiger partial charge in [-0.1, -0.05) is 18.2 Å². The largest absolute Gasteiger partial charge is 0.487 e. The smallest absolute Gasteiger partial charge is 0.323 e. The van der Waals surface area contributed by atoms with Crippen LogP contribution in [0.5, 0.6) is 0 Å². The molecule has 166 valence electrons. The molecular formula is C25H25FN2O4. The lowest BCUT2D eigenvalue weighted by atomic mass is 9.98. The third-order valence-electron chi connectivity index (χ3n) is 6.35. The highest BCUT2D eigenvalue weighted by Crippen LogP contribution is 2.42. The highest BCUT2D eigenvalue weighted by Gasteiger charge is 2.33. The standard InChI is InChI=1S/C25H25FN2O4/c1-2-31-25(30)21-4-3-10-28(21)11-9-15-5-7-18-16(12-15)14-32-23(18)22-19-13-17(26)6-8-20(19)27-24(22)29/h5-8,12-13,21H,2-4,9-11,14H2,1H3,(H,27,29)/t21-/m0/s1. The van der Waals surface area contributed by atoms with Crippen molar-refractivity contribution >= 4 is 28.9 Å². The molecule has 6 nitrogen and oxygen atoms in total. The van der Waals surface area contributed by atoms with Gasteiger partial charge >= 0.3 is 5.97 Å². The summed E-state index contributed by atoms with van der Waals surface area (Å²) in [6, 6.07) is 10.2. The number of hydrogen-bond donors (Lipinski definition) is 1. The van der Waals surface area contributed by atoms with Crippen LogP contribution < -0.4 is 5.32 Å². The number of rotatable bonds is 5. The Hall–Kier alpha value is -3.19. The number of esters is 1. The zero-order chi connectivity index (χ0) is 22.2. The maximum Gasteiger partial charge on any atom is 0.323 e. The van der Waals surface area contributed by atoms with Gasteiger partial charge in [0.15, 0.2) is 0 Å². The van der Waals surface area contributed by atoms with Gasteiger partial charge in [0.25, 0.3) is 5.91 Å². The summed E-state index contributed by atoms with van der Waals surface area (Å²) in [7, 11) is 0. The number of nitrogens with one attached hydrogen (secondary N) is 1. The van der Waals surface area contributed by atoms with Gasteiger partial charge in [-0.15, -0.1) is 0 Å². The van der Waals surface area contributed by atoms with E-state index in [1.165, 1.54) is 12.1 Å². The van der Waals surface area contributed by atoms with Crippen LogP contribution >= 0.6 is 0 Å². The highest BCUT2D eigenvalue weighted by atomic mass is 19.1. The van der Waals surface area contributed by atoms with Gasteiger partial charge in [-0.25, -0.2) is 4.39 Å². The molecule has 0 saturated carbocycles. The number of ether oxygens (including phenoxy) is 2. The molecule has 2 aromatic rings. The second-order valence-corrected chi connectivity index (χ2v) is 8.32. The van der Waals surface area contributed by atoms with E-state index in [2.05, 4.69) is 16.3 Å². The monoisotopic (exact) mass is 436 g/mol. The molecule has 32 heavy (non-hydrogen) atoms. The number of carbonyl (C=O) groups excluding carboxylic acids is 2. The van der Waals surface area contributed by atoms with E-state index in [0.717, 1.165) is 49.0 Å². The van der Waals surface area contributed by atoms with Gasteiger partial charge in [0.05, 0.1) is 12.2 Å². The van der Waals surface area contributed by atoms with E-state index < -0.39 is 5.82 Å². The van der Waals surface area contributed by atoms with E-state index in [1.807, 2.05) is 19.1 Å². The number of fused-ring (bicyclic) bond motifs is 2. The number of anilines is 1. The molecule has 0 spiro atoms. The third kappa shape index (κ3) is 3.66. The van der Waals surface area contributed by atoms with Crippen molar-refractivity contribution in [1.29, 1.82) is 0 Å². The summed E-state index contributed by atoms with van der Waals surface area (Å²) in [5.41, 5.74) is 4.51. The summed E-state index contributed by atoms with van der Waals surface area (Å²) in [6.45, 7) is 4.29. The molecule has 2 aromatic carbocycles. The number of likely N-dealkylation sites (tertiary alicyclic amines) is 1. The molecule has 0 unspecified atom stereocenters. The quantitative estimate of drug-likeness (QED) is 0.571. The molecule has 1 atom stereocenters. The van der Waals surface area contributed by atoms with Crippen LogP contribution in [-0.2, 0) is 32.1 Å².